The van der Waals surface area contributed by atoms with Crippen molar-refractivity contribution in [1.29, 1.82) is 0 Å². The van der Waals surface area contributed by atoms with Crippen LogP contribution in [-0.4, -0.2) is 28.4 Å². The Balaban J connectivity index is 2.09. The molecule has 17 heavy (non-hydrogen) atoms. The maximum absolute atomic E-state index is 11.7. The molecule has 1 saturated heterocycles. The lowest BCUT2D eigenvalue weighted by Crippen LogP contribution is -2.36. The summed E-state index contributed by atoms with van der Waals surface area (Å²) in [5.74, 6) is 0.131. The molecule has 2 aliphatic rings. The van der Waals surface area contributed by atoms with Gasteiger partial charge >= 0.3 is 5.97 Å². The Morgan fingerprint density at radius 3 is 3.00 bits per heavy atom. The van der Waals surface area contributed by atoms with Gasteiger partial charge in [0.05, 0.1) is 5.25 Å². The van der Waals surface area contributed by atoms with Crippen LogP contribution in [-0.2, 0) is 14.3 Å². The van der Waals surface area contributed by atoms with Gasteiger partial charge in [0.15, 0.2) is 0 Å². The second kappa shape index (κ2) is 5.71. The summed E-state index contributed by atoms with van der Waals surface area (Å²) in [5, 5.41) is 0.364. The molecule has 0 aromatic rings. The van der Waals surface area contributed by atoms with Crippen LogP contribution in [0.15, 0.2) is 12.2 Å². The van der Waals surface area contributed by atoms with Gasteiger partial charge in [0.25, 0.3) is 0 Å². The van der Waals surface area contributed by atoms with Gasteiger partial charge in [-0.05, 0) is 25.7 Å². The van der Waals surface area contributed by atoms with Crippen molar-refractivity contribution in [3.05, 3.63) is 12.2 Å². The van der Waals surface area contributed by atoms with E-state index in [9.17, 15) is 9.59 Å². The van der Waals surface area contributed by atoms with Crippen molar-refractivity contribution in [3.63, 3.8) is 0 Å². The van der Waals surface area contributed by atoms with E-state index in [0.717, 1.165) is 25.7 Å². The molecule has 0 amide bonds. The van der Waals surface area contributed by atoms with Gasteiger partial charge < -0.3 is 4.74 Å². The summed E-state index contributed by atoms with van der Waals surface area (Å²) in [6.45, 7) is 1.46. The highest BCUT2D eigenvalue weighted by Crippen LogP contribution is 2.36. The first-order valence-electron chi connectivity index (χ1n) is 6.17. The standard InChI is InChI=1S/C13H18O3S/c1-9(14)16-11-5-3-2-4-6-12-10(15)7-8-13(11)17-12/h2,4,11-13H,3,5-8H2,1H3/b4-2+. The van der Waals surface area contributed by atoms with Crippen LogP contribution < -0.4 is 0 Å². The average molecular weight is 254 g/mol. The summed E-state index contributed by atoms with van der Waals surface area (Å²) in [6, 6.07) is 0. The predicted molar refractivity (Wildman–Crippen MR) is 68.0 cm³/mol. The van der Waals surface area contributed by atoms with Crippen molar-refractivity contribution in [2.45, 2.75) is 55.6 Å². The zero-order valence-corrected chi connectivity index (χ0v) is 10.9. The largest absolute Gasteiger partial charge is 0.461 e. The monoisotopic (exact) mass is 254 g/mol. The van der Waals surface area contributed by atoms with Gasteiger partial charge in [0.2, 0.25) is 0 Å². The van der Waals surface area contributed by atoms with E-state index in [1.807, 2.05) is 0 Å². The van der Waals surface area contributed by atoms with Gasteiger partial charge in [0.1, 0.15) is 11.9 Å². The highest BCUT2D eigenvalue weighted by molar-refractivity contribution is 8.01. The molecule has 4 heteroatoms. The molecule has 0 saturated carbocycles. The molecule has 2 aliphatic heterocycles. The maximum atomic E-state index is 11.7. The number of allylic oxidation sites excluding steroid dienone is 2. The summed E-state index contributed by atoms with van der Waals surface area (Å²) in [7, 11) is 0. The number of ether oxygens (including phenoxy) is 1. The smallest absolute Gasteiger partial charge is 0.302 e. The maximum Gasteiger partial charge on any atom is 0.302 e. The minimum Gasteiger partial charge on any atom is -0.461 e. The Morgan fingerprint density at radius 2 is 2.24 bits per heavy atom. The van der Waals surface area contributed by atoms with E-state index < -0.39 is 0 Å². The molecular weight excluding hydrogens is 236 g/mol. The average Bonchev–Trinajstić information content (AvgIpc) is 2.35. The summed E-state index contributed by atoms with van der Waals surface area (Å²) in [5.41, 5.74) is 0. The Hall–Kier alpha value is -0.770. The molecule has 0 spiro atoms. The number of ketones is 1. The van der Waals surface area contributed by atoms with Crippen LogP contribution in [0, 0.1) is 0 Å². The van der Waals surface area contributed by atoms with Crippen LogP contribution in [0.3, 0.4) is 0 Å². The lowest BCUT2D eigenvalue weighted by molar-refractivity contribution is -0.146. The van der Waals surface area contributed by atoms with Gasteiger partial charge in [-0.3, -0.25) is 9.59 Å². The SMILES string of the molecule is CC(=O)OC1CC/C=C/CC2SC1CCC2=O. The number of Topliss-reactive ketones (excluding diaryl/α,β-unsaturated/α-hetero) is 1. The lowest BCUT2D eigenvalue weighted by Gasteiger charge is -2.31. The predicted octanol–water partition coefficient (Wildman–Crippen LogP) is 2.49. The van der Waals surface area contributed by atoms with Crippen LogP contribution in [0.25, 0.3) is 0 Å². The third-order valence-corrected chi connectivity index (χ3v) is 4.91. The van der Waals surface area contributed by atoms with Crippen LogP contribution >= 0.6 is 11.8 Å². The molecule has 3 unspecified atom stereocenters. The fourth-order valence-corrected chi connectivity index (χ4v) is 3.93. The first-order chi connectivity index (χ1) is 8.16. The van der Waals surface area contributed by atoms with Gasteiger partial charge in [-0.25, -0.2) is 0 Å². The normalized spacial score (nSPS) is 35.4. The molecule has 3 atom stereocenters. The fraction of sp³-hybridized carbons (Fsp3) is 0.692. The van der Waals surface area contributed by atoms with Crippen molar-refractivity contribution in [2.24, 2.45) is 0 Å². The number of thioether (sulfide) groups is 1. The second-order valence-electron chi connectivity index (χ2n) is 4.60. The van der Waals surface area contributed by atoms with E-state index in [4.69, 9.17) is 4.74 Å². The number of carbonyl (C=O) groups is 2. The molecule has 0 N–H and O–H groups in total. The van der Waals surface area contributed by atoms with Gasteiger partial charge in [-0.2, -0.15) is 0 Å². The van der Waals surface area contributed by atoms with Gasteiger partial charge in [0, 0.05) is 18.6 Å². The molecule has 0 aliphatic carbocycles. The molecule has 0 aromatic carbocycles. The molecule has 94 valence electrons. The number of hydrogen-bond donors (Lipinski definition) is 0. The molecule has 0 radical (unpaired) electrons. The van der Waals surface area contributed by atoms with Crippen LogP contribution in [0.4, 0.5) is 0 Å². The first-order valence-corrected chi connectivity index (χ1v) is 7.11. The van der Waals surface area contributed by atoms with Crippen LogP contribution in [0.2, 0.25) is 0 Å². The zero-order chi connectivity index (χ0) is 12.3. The zero-order valence-electron chi connectivity index (χ0n) is 10.1. The summed E-state index contributed by atoms with van der Waals surface area (Å²) in [4.78, 5) is 22.9. The topological polar surface area (TPSA) is 43.4 Å². The minimum atomic E-state index is -0.215. The second-order valence-corrected chi connectivity index (χ2v) is 6.05. The van der Waals surface area contributed by atoms with Crippen molar-refractivity contribution in [1.82, 2.24) is 0 Å². The molecule has 1 fully saturated rings. The number of rotatable bonds is 1. The third-order valence-electron chi connectivity index (χ3n) is 3.24. The highest BCUT2D eigenvalue weighted by atomic mass is 32.2. The lowest BCUT2D eigenvalue weighted by atomic mass is 10.0. The Morgan fingerprint density at radius 1 is 1.41 bits per heavy atom. The Bertz CT molecular complexity index is 338. The fourth-order valence-electron chi connectivity index (χ4n) is 2.39. The Kier molecular flexibility index (Phi) is 4.26. The van der Waals surface area contributed by atoms with Crippen molar-refractivity contribution in [3.8, 4) is 0 Å². The summed E-state index contributed by atoms with van der Waals surface area (Å²) < 4.78 is 5.40. The van der Waals surface area contributed by atoms with Crippen LogP contribution in [0.1, 0.15) is 39.0 Å². The molecule has 0 aromatic heterocycles. The van der Waals surface area contributed by atoms with E-state index in [0.29, 0.717) is 17.5 Å². The van der Waals surface area contributed by atoms with Crippen molar-refractivity contribution in [2.75, 3.05) is 0 Å². The van der Waals surface area contributed by atoms with Gasteiger partial charge in [-0.1, -0.05) is 12.2 Å². The molecule has 3 nitrogen and oxygen atoms in total. The van der Waals surface area contributed by atoms with Crippen molar-refractivity contribution >= 4 is 23.5 Å². The number of hydrogen-bond acceptors (Lipinski definition) is 4. The van der Waals surface area contributed by atoms with E-state index in [-0.39, 0.29) is 17.3 Å². The third kappa shape index (κ3) is 3.35. The number of esters is 1. The molecule has 2 bridgehead atoms. The quantitative estimate of drug-likeness (QED) is 0.532. The number of carbonyl (C=O) groups excluding carboxylic acids is 2. The van der Waals surface area contributed by atoms with E-state index in [2.05, 4.69) is 12.2 Å². The minimum absolute atomic E-state index is 0.0316. The molecule has 2 heterocycles. The van der Waals surface area contributed by atoms with E-state index in [1.165, 1.54) is 6.92 Å². The molecular formula is C13H18O3S. The first kappa shape index (κ1) is 12.7. The summed E-state index contributed by atoms with van der Waals surface area (Å²) >= 11 is 1.70. The van der Waals surface area contributed by atoms with Crippen molar-refractivity contribution < 1.29 is 14.3 Å². The van der Waals surface area contributed by atoms with E-state index >= 15 is 0 Å². The highest BCUT2D eigenvalue weighted by Gasteiger charge is 2.34. The Labute approximate surface area is 106 Å². The number of fused-ring (bicyclic) bond motifs is 2. The van der Waals surface area contributed by atoms with E-state index in [1.54, 1.807) is 11.8 Å². The molecule has 2 rings (SSSR count). The summed E-state index contributed by atoms with van der Waals surface area (Å²) in [6.07, 6.45) is 8.26. The van der Waals surface area contributed by atoms with Gasteiger partial charge in [-0.15, -0.1) is 11.8 Å². The van der Waals surface area contributed by atoms with Crippen LogP contribution in [0.5, 0.6) is 0 Å².